The van der Waals surface area contributed by atoms with Crippen molar-refractivity contribution in [1.29, 1.82) is 0 Å². The van der Waals surface area contributed by atoms with E-state index in [0.29, 0.717) is 30.5 Å². The number of aryl methyl sites for hydroxylation is 1. The van der Waals surface area contributed by atoms with E-state index in [9.17, 15) is 4.79 Å². The molecule has 1 fully saturated rings. The summed E-state index contributed by atoms with van der Waals surface area (Å²) in [6, 6.07) is 5.42. The Kier molecular flexibility index (Phi) is 6.87. The van der Waals surface area contributed by atoms with Crippen LogP contribution in [0.4, 0.5) is 10.5 Å². The fraction of sp³-hybridized carbons (Fsp3) is 0.611. The van der Waals surface area contributed by atoms with Crippen LogP contribution in [0.1, 0.15) is 19.4 Å². The monoisotopic (exact) mass is 335 g/mol. The van der Waals surface area contributed by atoms with Crippen LogP contribution in [0.2, 0.25) is 0 Å². The molecule has 0 bridgehead atoms. The normalized spacial score (nSPS) is 18.5. The van der Waals surface area contributed by atoms with Gasteiger partial charge in [-0.05, 0) is 30.5 Å². The molecule has 1 aromatic rings. The maximum absolute atomic E-state index is 12.1. The molecule has 1 heterocycles. The summed E-state index contributed by atoms with van der Waals surface area (Å²) in [6.45, 7) is 10.5. The lowest BCUT2D eigenvalue weighted by atomic mass is 10.2. The number of amides is 2. The topological polar surface area (TPSA) is 62.8 Å². The largest absolute Gasteiger partial charge is 0.495 e. The molecule has 6 nitrogen and oxygen atoms in total. The van der Waals surface area contributed by atoms with Gasteiger partial charge in [0.2, 0.25) is 0 Å². The van der Waals surface area contributed by atoms with E-state index in [4.69, 9.17) is 9.47 Å². The number of anilines is 1. The zero-order chi connectivity index (χ0) is 17.5. The molecule has 24 heavy (non-hydrogen) atoms. The predicted molar refractivity (Wildman–Crippen MR) is 95.8 cm³/mol. The highest BCUT2D eigenvalue weighted by Crippen LogP contribution is 2.25. The van der Waals surface area contributed by atoms with E-state index in [1.807, 2.05) is 25.1 Å². The van der Waals surface area contributed by atoms with E-state index in [2.05, 4.69) is 29.4 Å². The third-order valence-corrected chi connectivity index (χ3v) is 3.94. The van der Waals surface area contributed by atoms with Gasteiger partial charge in [-0.2, -0.15) is 0 Å². The highest BCUT2D eigenvalue weighted by molar-refractivity contribution is 5.91. The summed E-state index contributed by atoms with van der Waals surface area (Å²) in [7, 11) is 1.59. The average molecular weight is 335 g/mol. The van der Waals surface area contributed by atoms with Crippen molar-refractivity contribution < 1.29 is 14.3 Å². The smallest absolute Gasteiger partial charge is 0.319 e. The summed E-state index contributed by atoms with van der Waals surface area (Å²) in [6.07, 6.45) is 0.0307. The minimum atomic E-state index is -0.248. The van der Waals surface area contributed by atoms with Crippen molar-refractivity contribution in [2.45, 2.75) is 26.9 Å². The van der Waals surface area contributed by atoms with Crippen molar-refractivity contribution in [3.8, 4) is 5.75 Å². The van der Waals surface area contributed by atoms with E-state index in [-0.39, 0.29) is 12.1 Å². The van der Waals surface area contributed by atoms with Gasteiger partial charge in [0.05, 0.1) is 25.5 Å². The van der Waals surface area contributed by atoms with E-state index < -0.39 is 0 Å². The molecule has 0 radical (unpaired) electrons. The number of hydrogen-bond acceptors (Lipinski definition) is 4. The Morgan fingerprint density at radius 2 is 2.25 bits per heavy atom. The minimum Gasteiger partial charge on any atom is -0.495 e. The number of rotatable bonds is 6. The van der Waals surface area contributed by atoms with Gasteiger partial charge in [0.1, 0.15) is 5.75 Å². The second-order valence-corrected chi connectivity index (χ2v) is 6.68. The van der Waals surface area contributed by atoms with Crippen LogP contribution in [0, 0.1) is 12.8 Å². The highest BCUT2D eigenvalue weighted by Gasteiger charge is 2.21. The summed E-state index contributed by atoms with van der Waals surface area (Å²) >= 11 is 0. The number of ether oxygens (including phenoxy) is 2. The molecule has 134 valence electrons. The van der Waals surface area contributed by atoms with Gasteiger partial charge in [0.15, 0.2) is 0 Å². The van der Waals surface area contributed by atoms with E-state index in [0.717, 1.165) is 25.2 Å². The zero-order valence-corrected chi connectivity index (χ0v) is 15.1. The lowest BCUT2D eigenvalue weighted by Crippen LogP contribution is -2.48. The second-order valence-electron chi connectivity index (χ2n) is 6.68. The Morgan fingerprint density at radius 3 is 2.96 bits per heavy atom. The van der Waals surface area contributed by atoms with Gasteiger partial charge in [-0.3, -0.25) is 4.90 Å². The Morgan fingerprint density at radius 1 is 1.46 bits per heavy atom. The van der Waals surface area contributed by atoms with Crippen LogP contribution in [0.5, 0.6) is 5.75 Å². The Hall–Kier alpha value is -1.79. The third kappa shape index (κ3) is 5.69. The lowest BCUT2D eigenvalue weighted by molar-refractivity contribution is -0.0288. The average Bonchev–Trinajstić information content (AvgIpc) is 2.54. The van der Waals surface area contributed by atoms with Crippen LogP contribution in [-0.4, -0.2) is 56.9 Å². The van der Waals surface area contributed by atoms with Gasteiger partial charge in [-0.25, -0.2) is 4.79 Å². The number of benzene rings is 1. The lowest BCUT2D eigenvalue weighted by Gasteiger charge is -2.33. The molecule has 1 aliphatic heterocycles. The molecule has 1 atom stereocenters. The summed E-state index contributed by atoms with van der Waals surface area (Å²) in [4.78, 5) is 14.5. The van der Waals surface area contributed by atoms with Crippen LogP contribution in [0.25, 0.3) is 0 Å². The Labute approximate surface area is 144 Å². The number of urea groups is 1. The van der Waals surface area contributed by atoms with Gasteiger partial charge in [-0.15, -0.1) is 0 Å². The fourth-order valence-corrected chi connectivity index (χ4v) is 2.86. The molecule has 0 aliphatic carbocycles. The molecule has 2 rings (SSSR count). The molecule has 1 aromatic carbocycles. The minimum absolute atomic E-state index is 0.0307. The molecule has 2 N–H and O–H groups in total. The van der Waals surface area contributed by atoms with Crippen LogP contribution >= 0.6 is 0 Å². The van der Waals surface area contributed by atoms with E-state index >= 15 is 0 Å². The Bertz CT molecular complexity index is 548. The quantitative estimate of drug-likeness (QED) is 0.838. The molecule has 1 unspecified atom stereocenters. The molecule has 0 aromatic heterocycles. The maximum Gasteiger partial charge on any atom is 0.319 e. The second kappa shape index (κ2) is 8.89. The van der Waals surface area contributed by atoms with Crippen molar-refractivity contribution in [2.24, 2.45) is 5.92 Å². The number of nitrogens with zero attached hydrogens (tertiary/aromatic N) is 1. The number of morpholine rings is 1. The number of carbonyl (C=O) groups is 1. The van der Waals surface area contributed by atoms with Crippen LogP contribution in [0.15, 0.2) is 18.2 Å². The Balaban J connectivity index is 1.81. The number of methoxy groups -OCH3 is 1. The first-order valence-electron chi connectivity index (χ1n) is 8.51. The molecule has 2 amide bonds. The first kappa shape index (κ1) is 18.5. The van der Waals surface area contributed by atoms with Crippen molar-refractivity contribution in [1.82, 2.24) is 10.2 Å². The molecule has 1 aliphatic rings. The van der Waals surface area contributed by atoms with Gasteiger partial charge in [-0.1, -0.05) is 19.9 Å². The number of nitrogens with one attached hydrogen (secondary N) is 2. The van der Waals surface area contributed by atoms with E-state index in [1.165, 1.54) is 0 Å². The van der Waals surface area contributed by atoms with Crippen LogP contribution in [-0.2, 0) is 4.74 Å². The van der Waals surface area contributed by atoms with E-state index in [1.54, 1.807) is 7.11 Å². The first-order chi connectivity index (χ1) is 11.5. The highest BCUT2D eigenvalue weighted by atomic mass is 16.5. The van der Waals surface area contributed by atoms with Crippen molar-refractivity contribution in [3.05, 3.63) is 23.8 Å². The predicted octanol–water partition coefficient (Wildman–Crippen LogP) is 2.48. The van der Waals surface area contributed by atoms with Crippen LogP contribution < -0.4 is 15.4 Å². The van der Waals surface area contributed by atoms with Crippen molar-refractivity contribution in [2.75, 3.05) is 45.2 Å². The van der Waals surface area contributed by atoms with Gasteiger partial charge in [0.25, 0.3) is 0 Å². The summed E-state index contributed by atoms with van der Waals surface area (Å²) in [5, 5.41) is 5.71. The molecule has 6 heteroatoms. The number of hydrogen-bond donors (Lipinski definition) is 2. The zero-order valence-electron chi connectivity index (χ0n) is 15.1. The molecular formula is C18H29N3O3. The summed E-state index contributed by atoms with van der Waals surface area (Å²) < 4.78 is 11.0. The summed E-state index contributed by atoms with van der Waals surface area (Å²) in [5.41, 5.74) is 1.74. The van der Waals surface area contributed by atoms with Crippen molar-refractivity contribution >= 4 is 11.7 Å². The van der Waals surface area contributed by atoms with Gasteiger partial charge < -0.3 is 20.1 Å². The fourth-order valence-electron chi connectivity index (χ4n) is 2.86. The van der Waals surface area contributed by atoms with Gasteiger partial charge in [0, 0.05) is 26.2 Å². The summed E-state index contributed by atoms with van der Waals surface area (Å²) in [5.74, 6) is 1.29. The maximum atomic E-state index is 12.1. The van der Waals surface area contributed by atoms with Crippen molar-refractivity contribution in [3.63, 3.8) is 0 Å². The van der Waals surface area contributed by atoms with Gasteiger partial charge >= 0.3 is 6.03 Å². The first-order valence-corrected chi connectivity index (χ1v) is 8.51. The number of carbonyl (C=O) groups excluding carboxylic acids is 1. The molecule has 0 spiro atoms. The standard InChI is InChI=1S/C18H29N3O3/c1-13(2)11-21-7-8-24-15(12-21)10-19-18(22)20-16-6-5-14(3)9-17(16)23-4/h5-6,9,13,15H,7-8,10-12H2,1-4H3,(H2,19,20,22). The SMILES string of the molecule is COc1cc(C)ccc1NC(=O)NCC1CN(CC(C)C)CCO1. The molecule has 1 saturated heterocycles. The van der Waals surface area contributed by atoms with Crippen LogP contribution in [0.3, 0.4) is 0 Å². The molecule has 0 saturated carbocycles. The molecular weight excluding hydrogens is 306 g/mol. The third-order valence-electron chi connectivity index (χ3n) is 3.94.